The molecule has 2 N–H and O–H groups in total. The summed E-state index contributed by atoms with van der Waals surface area (Å²) in [7, 11) is 1.70. The summed E-state index contributed by atoms with van der Waals surface area (Å²) in [5.41, 5.74) is 8.13. The normalized spacial score (nSPS) is 13.1. The second-order valence-corrected chi connectivity index (χ2v) is 4.97. The number of imidazole rings is 1. The highest BCUT2D eigenvalue weighted by Gasteiger charge is 2.17. The number of ether oxygens (including phenoxy) is 1. The van der Waals surface area contributed by atoms with Crippen molar-refractivity contribution in [2.45, 2.75) is 32.4 Å². The molecule has 0 saturated carbocycles. The average Bonchev–Trinajstić information content (AvgIpc) is 2.79. The van der Waals surface area contributed by atoms with Gasteiger partial charge in [0.05, 0.1) is 22.1 Å². The summed E-state index contributed by atoms with van der Waals surface area (Å²) in [6.45, 7) is 3.62. The molecule has 0 aliphatic heterocycles. The van der Waals surface area contributed by atoms with Crippen molar-refractivity contribution in [3.8, 4) is 0 Å². The lowest BCUT2D eigenvalue weighted by Crippen LogP contribution is -2.17. The lowest BCUT2D eigenvalue weighted by molar-refractivity contribution is 0.190. The first-order chi connectivity index (χ1) is 9.19. The summed E-state index contributed by atoms with van der Waals surface area (Å²) in [6, 6.07) is 5.69. The highest BCUT2D eigenvalue weighted by Crippen LogP contribution is 2.27. The number of nitrogens with two attached hydrogens (primary N) is 1. The summed E-state index contributed by atoms with van der Waals surface area (Å²) in [5, 5.41) is 0.724. The van der Waals surface area contributed by atoms with Gasteiger partial charge in [-0.2, -0.15) is 0 Å². The monoisotopic (exact) mass is 281 g/mol. The number of benzene rings is 1. The topological polar surface area (TPSA) is 53.1 Å². The van der Waals surface area contributed by atoms with Crippen LogP contribution < -0.4 is 5.73 Å². The number of fused-ring (bicyclic) bond motifs is 1. The van der Waals surface area contributed by atoms with Crippen LogP contribution in [0.2, 0.25) is 5.02 Å². The lowest BCUT2D eigenvalue weighted by atomic mass is 10.1. The average molecular weight is 282 g/mol. The zero-order chi connectivity index (χ0) is 13.8. The lowest BCUT2D eigenvalue weighted by Gasteiger charge is -2.13. The molecule has 1 heterocycles. The van der Waals surface area contributed by atoms with Crippen molar-refractivity contribution in [1.82, 2.24) is 9.55 Å². The molecular formula is C14H20ClN3O. The summed E-state index contributed by atoms with van der Waals surface area (Å²) in [6.07, 6.45) is 1.78. The maximum atomic E-state index is 6.26. The Morgan fingerprint density at radius 2 is 2.26 bits per heavy atom. The van der Waals surface area contributed by atoms with E-state index in [1.54, 1.807) is 7.11 Å². The zero-order valence-electron chi connectivity index (χ0n) is 11.4. The van der Waals surface area contributed by atoms with Gasteiger partial charge < -0.3 is 15.0 Å². The Labute approximate surface area is 118 Å². The van der Waals surface area contributed by atoms with Gasteiger partial charge in [-0.05, 0) is 31.9 Å². The van der Waals surface area contributed by atoms with Crippen LogP contribution in [-0.4, -0.2) is 23.3 Å². The molecule has 1 aromatic heterocycles. The maximum Gasteiger partial charge on any atom is 0.126 e. The van der Waals surface area contributed by atoms with E-state index in [1.165, 1.54) is 0 Å². The third kappa shape index (κ3) is 2.91. The van der Waals surface area contributed by atoms with Crippen LogP contribution in [0.1, 0.15) is 31.6 Å². The first kappa shape index (κ1) is 14.3. The SMILES string of the molecule is CCn1c(C(N)CCCOC)nc2cccc(Cl)c21. The van der Waals surface area contributed by atoms with Crippen LogP contribution in [0.4, 0.5) is 0 Å². The Morgan fingerprint density at radius 1 is 1.47 bits per heavy atom. The summed E-state index contributed by atoms with van der Waals surface area (Å²) >= 11 is 6.26. The number of halogens is 1. The van der Waals surface area contributed by atoms with Gasteiger partial charge in [-0.1, -0.05) is 17.7 Å². The largest absolute Gasteiger partial charge is 0.385 e. The van der Waals surface area contributed by atoms with E-state index in [1.807, 2.05) is 18.2 Å². The van der Waals surface area contributed by atoms with Crippen molar-refractivity contribution in [3.05, 3.63) is 29.0 Å². The first-order valence-corrected chi connectivity index (χ1v) is 6.96. The predicted molar refractivity (Wildman–Crippen MR) is 78.5 cm³/mol. The second kappa shape index (κ2) is 6.37. The maximum absolute atomic E-state index is 6.26. The van der Waals surface area contributed by atoms with Crippen molar-refractivity contribution >= 4 is 22.6 Å². The molecule has 2 rings (SSSR count). The van der Waals surface area contributed by atoms with Crippen LogP contribution in [0.25, 0.3) is 11.0 Å². The fourth-order valence-corrected chi connectivity index (χ4v) is 2.61. The number of methoxy groups -OCH3 is 1. The minimum Gasteiger partial charge on any atom is -0.385 e. The fraction of sp³-hybridized carbons (Fsp3) is 0.500. The zero-order valence-corrected chi connectivity index (χ0v) is 12.2. The van der Waals surface area contributed by atoms with Crippen molar-refractivity contribution < 1.29 is 4.74 Å². The van der Waals surface area contributed by atoms with E-state index in [0.717, 1.165) is 47.9 Å². The minimum absolute atomic E-state index is 0.0847. The highest BCUT2D eigenvalue weighted by molar-refractivity contribution is 6.35. The van der Waals surface area contributed by atoms with Gasteiger partial charge >= 0.3 is 0 Å². The number of hydrogen-bond acceptors (Lipinski definition) is 3. The van der Waals surface area contributed by atoms with Gasteiger partial charge in [-0.3, -0.25) is 0 Å². The molecule has 4 nitrogen and oxygen atoms in total. The molecular weight excluding hydrogens is 262 g/mol. The smallest absolute Gasteiger partial charge is 0.126 e. The van der Waals surface area contributed by atoms with Gasteiger partial charge in [-0.15, -0.1) is 0 Å². The molecule has 0 radical (unpaired) electrons. The molecule has 0 spiro atoms. The van der Waals surface area contributed by atoms with E-state index >= 15 is 0 Å². The van der Waals surface area contributed by atoms with Crippen LogP contribution in [0, 0.1) is 0 Å². The second-order valence-electron chi connectivity index (χ2n) is 4.56. The van der Waals surface area contributed by atoms with E-state index in [2.05, 4.69) is 16.5 Å². The van der Waals surface area contributed by atoms with Gasteiger partial charge in [0.25, 0.3) is 0 Å². The van der Waals surface area contributed by atoms with Gasteiger partial charge in [-0.25, -0.2) is 4.98 Å². The fourth-order valence-electron chi connectivity index (χ4n) is 2.34. The van der Waals surface area contributed by atoms with Crippen molar-refractivity contribution in [2.24, 2.45) is 5.73 Å². The summed E-state index contributed by atoms with van der Waals surface area (Å²) in [4.78, 5) is 4.64. The Morgan fingerprint density at radius 3 is 2.95 bits per heavy atom. The van der Waals surface area contributed by atoms with Crippen molar-refractivity contribution in [3.63, 3.8) is 0 Å². The number of aryl methyl sites for hydroxylation is 1. The Bertz CT molecular complexity index is 553. The van der Waals surface area contributed by atoms with Crippen LogP contribution in [0.5, 0.6) is 0 Å². The number of nitrogens with zero attached hydrogens (tertiary/aromatic N) is 2. The van der Waals surface area contributed by atoms with Crippen LogP contribution >= 0.6 is 11.6 Å². The molecule has 19 heavy (non-hydrogen) atoms. The highest BCUT2D eigenvalue weighted by atomic mass is 35.5. The van der Waals surface area contributed by atoms with Crippen molar-refractivity contribution in [1.29, 1.82) is 0 Å². The standard InChI is InChI=1S/C14H20ClN3O/c1-3-18-13-10(15)6-4-8-12(13)17-14(18)11(16)7-5-9-19-2/h4,6,8,11H,3,5,7,9,16H2,1-2H3. The van der Waals surface area contributed by atoms with E-state index in [4.69, 9.17) is 22.1 Å². The third-order valence-electron chi connectivity index (χ3n) is 3.26. The van der Waals surface area contributed by atoms with Crippen LogP contribution in [0.3, 0.4) is 0 Å². The molecule has 5 heteroatoms. The van der Waals surface area contributed by atoms with Gasteiger partial charge in [0.1, 0.15) is 5.82 Å². The molecule has 1 aromatic carbocycles. The molecule has 0 aliphatic rings. The van der Waals surface area contributed by atoms with Gasteiger partial charge in [0.2, 0.25) is 0 Å². The van der Waals surface area contributed by atoms with E-state index in [0.29, 0.717) is 0 Å². The number of hydrogen-bond donors (Lipinski definition) is 1. The Hall–Kier alpha value is -1.10. The van der Waals surface area contributed by atoms with Gasteiger partial charge in [0, 0.05) is 20.3 Å². The summed E-state index contributed by atoms with van der Waals surface area (Å²) < 4.78 is 7.17. The minimum atomic E-state index is -0.0847. The molecule has 0 bridgehead atoms. The molecule has 0 fully saturated rings. The summed E-state index contributed by atoms with van der Waals surface area (Å²) in [5.74, 6) is 0.904. The Balaban J connectivity index is 2.34. The van der Waals surface area contributed by atoms with Crippen LogP contribution in [-0.2, 0) is 11.3 Å². The molecule has 104 valence electrons. The molecule has 2 aromatic rings. The quantitative estimate of drug-likeness (QED) is 0.828. The molecule has 0 aliphatic carbocycles. The first-order valence-electron chi connectivity index (χ1n) is 6.58. The van der Waals surface area contributed by atoms with E-state index < -0.39 is 0 Å². The predicted octanol–water partition coefficient (Wildman–Crippen LogP) is 3.14. The van der Waals surface area contributed by atoms with Crippen molar-refractivity contribution in [2.75, 3.05) is 13.7 Å². The van der Waals surface area contributed by atoms with Crippen LogP contribution in [0.15, 0.2) is 18.2 Å². The number of para-hydroxylation sites is 1. The van der Waals surface area contributed by atoms with E-state index in [9.17, 15) is 0 Å². The van der Waals surface area contributed by atoms with Gasteiger partial charge in [0.15, 0.2) is 0 Å². The van der Waals surface area contributed by atoms with E-state index in [-0.39, 0.29) is 6.04 Å². The number of aromatic nitrogens is 2. The third-order valence-corrected chi connectivity index (χ3v) is 3.56. The molecule has 0 amide bonds. The molecule has 1 atom stereocenters. The Kier molecular flexibility index (Phi) is 4.80. The molecule has 0 saturated heterocycles. The number of rotatable bonds is 6. The molecule has 1 unspecified atom stereocenters.